The second kappa shape index (κ2) is 8.38. The molecule has 158 valence electrons. The zero-order valence-corrected chi connectivity index (χ0v) is 17.1. The number of fused-ring (bicyclic) bond motifs is 1. The van der Waals surface area contributed by atoms with Gasteiger partial charge in [-0.2, -0.15) is 0 Å². The van der Waals surface area contributed by atoms with Gasteiger partial charge in [0.05, 0.1) is 36.2 Å². The van der Waals surface area contributed by atoms with Crippen molar-refractivity contribution < 1.29 is 23.4 Å². The molecular formula is C19H17ClF2N4O3S. The van der Waals surface area contributed by atoms with Gasteiger partial charge in [0.1, 0.15) is 17.3 Å². The van der Waals surface area contributed by atoms with E-state index in [0.717, 1.165) is 24.1 Å². The first-order valence-corrected chi connectivity index (χ1v) is 10.2. The zero-order valence-electron chi connectivity index (χ0n) is 15.5. The summed E-state index contributed by atoms with van der Waals surface area (Å²) in [6.07, 6.45) is 0.324. The van der Waals surface area contributed by atoms with Crippen LogP contribution in [0.3, 0.4) is 0 Å². The van der Waals surface area contributed by atoms with E-state index >= 15 is 0 Å². The van der Waals surface area contributed by atoms with Crippen molar-refractivity contribution in [2.45, 2.75) is 17.4 Å². The van der Waals surface area contributed by atoms with E-state index in [1.165, 1.54) is 4.90 Å². The number of nitrogens with zero attached hydrogens (tertiary/aromatic N) is 3. The smallest absolute Gasteiger partial charge is 0.407 e. The minimum atomic E-state index is -1.04. The summed E-state index contributed by atoms with van der Waals surface area (Å²) in [4.78, 5) is 17.2. The third-order valence-electron chi connectivity index (χ3n) is 4.91. The van der Waals surface area contributed by atoms with Crippen LogP contribution < -0.4 is 5.14 Å². The van der Waals surface area contributed by atoms with E-state index in [4.69, 9.17) is 21.5 Å². The van der Waals surface area contributed by atoms with Crippen LogP contribution in [0.2, 0.25) is 5.02 Å². The Hall–Kier alpha value is -2.40. The molecule has 2 aromatic heterocycles. The number of morpholine rings is 1. The maximum atomic E-state index is 14.8. The molecule has 1 fully saturated rings. The maximum Gasteiger partial charge on any atom is 0.407 e. The molecule has 3 N–H and O–H groups in total. The monoisotopic (exact) mass is 454 g/mol. The molecule has 0 radical (unpaired) electrons. The Labute approximate surface area is 179 Å². The summed E-state index contributed by atoms with van der Waals surface area (Å²) in [7, 11) is 0. The second-order valence-corrected chi connectivity index (χ2v) is 7.93. The molecule has 1 aliphatic heterocycles. The van der Waals surface area contributed by atoms with Gasteiger partial charge in [-0.1, -0.05) is 11.6 Å². The quantitative estimate of drug-likeness (QED) is 0.582. The molecule has 4 rings (SSSR count). The van der Waals surface area contributed by atoms with Crippen molar-refractivity contribution in [1.82, 2.24) is 14.3 Å². The number of carbonyl (C=O) groups is 1. The SMILES string of the molecule is NSc1cc(F)c(-c2nc3cc(Cl)ccn3c2CC2CN(C(=O)O)CCO2)c(F)c1. The molecule has 1 saturated heterocycles. The molecule has 0 bridgehead atoms. The molecule has 1 amide bonds. The third kappa shape index (κ3) is 3.95. The zero-order chi connectivity index (χ0) is 21.4. The first kappa shape index (κ1) is 20.9. The molecular weight excluding hydrogens is 438 g/mol. The lowest BCUT2D eigenvalue weighted by Gasteiger charge is -2.31. The van der Waals surface area contributed by atoms with Crippen molar-refractivity contribution in [2.24, 2.45) is 5.14 Å². The molecule has 3 heterocycles. The summed E-state index contributed by atoms with van der Waals surface area (Å²) < 4.78 is 37.0. The van der Waals surface area contributed by atoms with Crippen LogP contribution >= 0.6 is 23.5 Å². The number of nitrogens with two attached hydrogens (primary N) is 1. The minimum Gasteiger partial charge on any atom is -0.465 e. The van der Waals surface area contributed by atoms with Crippen LogP contribution in [0.4, 0.5) is 13.6 Å². The van der Waals surface area contributed by atoms with Gasteiger partial charge in [-0.25, -0.2) is 18.6 Å². The fraction of sp³-hybridized carbons (Fsp3) is 0.263. The number of rotatable bonds is 4. The summed E-state index contributed by atoms with van der Waals surface area (Å²) in [5, 5.41) is 15.1. The Morgan fingerprint density at radius 3 is 2.77 bits per heavy atom. The van der Waals surface area contributed by atoms with Gasteiger partial charge in [0.2, 0.25) is 0 Å². The summed E-state index contributed by atoms with van der Waals surface area (Å²) in [5.74, 6) is -1.59. The highest BCUT2D eigenvalue weighted by atomic mass is 35.5. The van der Waals surface area contributed by atoms with Crippen molar-refractivity contribution in [3.05, 3.63) is 52.8 Å². The number of amides is 1. The third-order valence-corrected chi connectivity index (χ3v) is 5.65. The van der Waals surface area contributed by atoms with Crippen LogP contribution in [0, 0.1) is 11.6 Å². The topological polar surface area (TPSA) is 93.1 Å². The normalized spacial score (nSPS) is 16.9. The molecule has 0 saturated carbocycles. The number of ether oxygens (including phenoxy) is 1. The van der Waals surface area contributed by atoms with E-state index in [1.807, 2.05) is 0 Å². The molecule has 3 aromatic rings. The van der Waals surface area contributed by atoms with Crippen molar-refractivity contribution in [3.63, 3.8) is 0 Å². The Bertz CT molecular complexity index is 1100. The highest BCUT2D eigenvalue weighted by Gasteiger charge is 2.28. The van der Waals surface area contributed by atoms with E-state index in [2.05, 4.69) is 4.98 Å². The second-order valence-electron chi connectivity index (χ2n) is 6.79. The number of pyridine rings is 1. The van der Waals surface area contributed by atoms with Gasteiger partial charge in [0.15, 0.2) is 0 Å². The van der Waals surface area contributed by atoms with E-state index in [9.17, 15) is 18.7 Å². The number of carboxylic acid groups (broad SMARTS) is 1. The maximum absolute atomic E-state index is 14.8. The Balaban J connectivity index is 1.82. The van der Waals surface area contributed by atoms with Gasteiger partial charge in [0.25, 0.3) is 0 Å². The Kier molecular flexibility index (Phi) is 5.83. The first-order valence-electron chi connectivity index (χ1n) is 8.99. The lowest BCUT2D eigenvalue weighted by atomic mass is 10.0. The highest BCUT2D eigenvalue weighted by molar-refractivity contribution is 7.97. The molecule has 7 nitrogen and oxygen atoms in total. The predicted molar refractivity (Wildman–Crippen MR) is 109 cm³/mol. The average Bonchev–Trinajstić information content (AvgIpc) is 3.04. The van der Waals surface area contributed by atoms with Gasteiger partial charge in [0, 0.05) is 35.1 Å². The number of hydrogen-bond acceptors (Lipinski definition) is 5. The van der Waals surface area contributed by atoms with Crippen molar-refractivity contribution in [2.75, 3.05) is 19.7 Å². The lowest BCUT2D eigenvalue weighted by Crippen LogP contribution is -2.45. The molecule has 0 aliphatic carbocycles. The largest absolute Gasteiger partial charge is 0.465 e. The number of aromatic nitrogens is 2. The molecule has 1 unspecified atom stereocenters. The van der Waals surface area contributed by atoms with Crippen LogP contribution in [-0.4, -0.2) is 51.3 Å². The molecule has 0 spiro atoms. The van der Waals surface area contributed by atoms with Gasteiger partial charge >= 0.3 is 6.09 Å². The van der Waals surface area contributed by atoms with Gasteiger partial charge < -0.3 is 19.1 Å². The van der Waals surface area contributed by atoms with Crippen LogP contribution in [0.1, 0.15) is 5.69 Å². The molecule has 1 atom stereocenters. The van der Waals surface area contributed by atoms with Gasteiger partial charge in [-0.05, 0) is 30.1 Å². The van der Waals surface area contributed by atoms with E-state index in [0.29, 0.717) is 16.4 Å². The Morgan fingerprint density at radius 2 is 2.10 bits per heavy atom. The fourth-order valence-electron chi connectivity index (χ4n) is 3.54. The van der Waals surface area contributed by atoms with Crippen LogP contribution in [-0.2, 0) is 11.2 Å². The van der Waals surface area contributed by atoms with Crippen LogP contribution in [0.5, 0.6) is 0 Å². The lowest BCUT2D eigenvalue weighted by molar-refractivity contribution is -0.0214. The van der Waals surface area contributed by atoms with Gasteiger partial charge in [-0.15, -0.1) is 0 Å². The Morgan fingerprint density at radius 1 is 1.37 bits per heavy atom. The molecule has 11 heteroatoms. The molecule has 1 aliphatic rings. The first-order chi connectivity index (χ1) is 14.4. The van der Waals surface area contributed by atoms with Crippen molar-refractivity contribution in [1.29, 1.82) is 0 Å². The van der Waals surface area contributed by atoms with E-state index in [1.54, 1.807) is 22.7 Å². The fourth-order valence-corrected chi connectivity index (χ4v) is 4.04. The summed E-state index contributed by atoms with van der Waals surface area (Å²) in [5.41, 5.74) is 0.727. The van der Waals surface area contributed by atoms with E-state index < -0.39 is 23.8 Å². The average molecular weight is 455 g/mol. The number of halogens is 3. The number of hydrogen-bond donors (Lipinski definition) is 2. The van der Waals surface area contributed by atoms with Crippen molar-refractivity contribution in [3.8, 4) is 11.3 Å². The number of benzene rings is 1. The van der Waals surface area contributed by atoms with Crippen LogP contribution in [0.15, 0.2) is 35.4 Å². The highest BCUT2D eigenvalue weighted by Crippen LogP contribution is 2.33. The summed E-state index contributed by atoms with van der Waals surface area (Å²) in [6.45, 7) is 0.645. The molecule has 30 heavy (non-hydrogen) atoms. The molecule has 1 aromatic carbocycles. The summed E-state index contributed by atoms with van der Waals surface area (Å²) in [6, 6.07) is 5.51. The van der Waals surface area contributed by atoms with Crippen LogP contribution in [0.25, 0.3) is 16.9 Å². The van der Waals surface area contributed by atoms with Gasteiger partial charge in [-0.3, -0.25) is 5.14 Å². The minimum absolute atomic E-state index is 0.108. The predicted octanol–water partition coefficient (Wildman–Crippen LogP) is 3.82. The van der Waals surface area contributed by atoms with Crippen molar-refractivity contribution >= 4 is 35.3 Å². The summed E-state index contributed by atoms with van der Waals surface area (Å²) >= 11 is 6.80. The van der Waals surface area contributed by atoms with E-state index in [-0.39, 0.29) is 42.3 Å². The number of imidazole rings is 1. The standard InChI is InChI=1S/C19H17ClF2N4O3S/c20-10-1-2-26-15(6-11-9-25(19(27)28)3-4-29-11)18(24-16(26)5-10)17-13(21)7-12(30-23)8-14(17)22/h1-2,5,7-8,11H,3-4,6,9,23H2,(H,27,28).